The Morgan fingerprint density at radius 3 is 2.62 bits per heavy atom. The minimum atomic E-state index is 0.325. The molecule has 2 nitrogen and oxygen atoms in total. The predicted octanol–water partition coefficient (Wildman–Crippen LogP) is 3.12. The smallest absolute Gasteiger partial charge is 0.223 e. The maximum atomic E-state index is 11.9. The third kappa shape index (κ3) is 2.78. The van der Waals surface area contributed by atoms with E-state index in [2.05, 4.69) is 12.2 Å². The van der Waals surface area contributed by atoms with E-state index in [1.807, 2.05) is 0 Å². The molecular weight excluding hydrogens is 198 g/mol. The number of carbonyl (C=O) groups excluding carboxylic acids is 1. The maximum Gasteiger partial charge on any atom is 0.223 e. The molecule has 1 N–H and O–H groups in total. The van der Waals surface area contributed by atoms with Crippen molar-refractivity contribution in [2.75, 3.05) is 6.54 Å². The van der Waals surface area contributed by atoms with Gasteiger partial charge in [-0.2, -0.15) is 0 Å². The zero-order valence-electron chi connectivity index (χ0n) is 10.5. The molecule has 92 valence electrons. The van der Waals surface area contributed by atoms with Crippen molar-refractivity contribution in [1.82, 2.24) is 5.32 Å². The lowest BCUT2D eigenvalue weighted by molar-refractivity contribution is -0.127. The summed E-state index contributed by atoms with van der Waals surface area (Å²) in [6.45, 7) is 2.96. The summed E-state index contributed by atoms with van der Waals surface area (Å²) in [5.41, 5.74) is 0. The molecule has 0 spiro atoms. The molecule has 2 aliphatic carbocycles. The number of fused-ring (bicyclic) bond motifs is 1. The van der Waals surface area contributed by atoms with Crippen LogP contribution in [0.15, 0.2) is 0 Å². The van der Waals surface area contributed by atoms with Crippen LogP contribution in [-0.4, -0.2) is 12.5 Å². The second kappa shape index (κ2) is 5.70. The van der Waals surface area contributed by atoms with Crippen LogP contribution in [0.4, 0.5) is 0 Å². The third-order valence-electron chi connectivity index (χ3n) is 4.46. The average molecular weight is 223 g/mol. The largest absolute Gasteiger partial charge is 0.356 e. The van der Waals surface area contributed by atoms with Crippen molar-refractivity contribution in [3.8, 4) is 0 Å². The molecule has 0 radical (unpaired) electrons. The van der Waals surface area contributed by atoms with Crippen LogP contribution >= 0.6 is 0 Å². The van der Waals surface area contributed by atoms with E-state index in [-0.39, 0.29) is 0 Å². The zero-order valence-corrected chi connectivity index (χ0v) is 10.5. The quantitative estimate of drug-likeness (QED) is 0.782. The van der Waals surface area contributed by atoms with Crippen molar-refractivity contribution in [2.24, 2.45) is 17.8 Å². The Morgan fingerprint density at radius 2 is 1.88 bits per heavy atom. The van der Waals surface area contributed by atoms with Gasteiger partial charge in [0.2, 0.25) is 5.91 Å². The SMILES string of the molecule is CCCNC(=O)C1CCC2CCCCC2C1. The zero-order chi connectivity index (χ0) is 11.4. The van der Waals surface area contributed by atoms with Crippen LogP contribution in [0, 0.1) is 17.8 Å². The van der Waals surface area contributed by atoms with Crippen LogP contribution in [0.1, 0.15) is 58.3 Å². The standard InChI is InChI=1S/C14H25NO/c1-2-9-15-14(16)13-8-7-11-5-3-4-6-12(11)10-13/h11-13H,2-10H2,1H3,(H,15,16). The summed E-state index contributed by atoms with van der Waals surface area (Å²) in [5, 5.41) is 3.06. The van der Waals surface area contributed by atoms with Crippen LogP contribution in [-0.2, 0) is 4.79 Å². The minimum Gasteiger partial charge on any atom is -0.356 e. The molecule has 0 aliphatic heterocycles. The molecule has 0 aromatic heterocycles. The molecule has 2 aliphatic rings. The van der Waals surface area contributed by atoms with E-state index in [0.29, 0.717) is 11.8 Å². The monoisotopic (exact) mass is 223 g/mol. The number of amides is 1. The number of rotatable bonds is 3. The van der Waals surface area contributed by atoms with E-state index in [4.69, 9.17) is 0 Å². The van der Waals surface area contributed by atoms with Gasteiger partial charge >= 0.3 is 0 Å². The Hall–Kier alpha value is -0.530. The fourth-order valence-corrected chi connectivity index (χ4v) is 3.50. The van der Waals surface area contributed by atoms with Crippen molar-refractivity contribution >= 4 is 5.91 Å². The van der Waals surface area contributed by atoms with Gasteiger partial charge < -0.3 is 5.32 Å². The van der Waals surface area contributed by atoms with E-state index < -0.39 is 0 Å². The van der Waals surface area contributed by atoms with E-state index >= 15 is 0 Å². The normalized spacial score (nSPS) is 34.2. The number of hydrogen-bond donors (Lipinski definition) is 1. The second-order valence-corrected chi connectivity index (χ2v) is 5.61. The number of nitrogens with one attached hydrogen (secondary N) is 1. The fourth-order valence-electron chi connectivity index (χ4n) is 3.50. The highest BCUT2D eigenvalue weighted by Gasteiger charge is 2.34. The molecule has 0 bridgehead atoms. The molecule has 16 heavy (non-hydrogen) atoms. The summed E-state index contributed by atoms with van der Waals surface area (Å²) in [6, 6.07) is 0. The summed E-state index contributed by atoms with van der Waals surface area (Å²) < 4.78 is 0. The Bertz CT molecular complexity index is 239. The molecule has 0 saturated heterocycles. The lowest BCUT2D eigenvalue weighted by Crippen LogP contribution is -2.37. The van der Waals surface area contributed by atoms with Crippen molar-refractivity contribution in [1.29, 1.82) is 0 Å². The van der Waals surface area contributed by atoms with Crippen molar-refractivity contribution in [2.45, 2.75) is 58.3 Å². The molecule has 2 saturated carbocycles. The van der Waals surface area contributed by atoms with Gasteiger partial charge in [0, 0.05) is 12.5 Å². The Balaban J connectivity index is 1.82. The van der Waals surface area contributed by atoms with Crippen LogP contribution in [0.3, 0.4) is 0 Å². The van der Waals surface area contributed by atoms with Crippen LogP contribution in [0.25, 0.3) is 0 Å². The van der Waals surface area contributed by atoms with E-state index in [0.717, 1.165) is 31.2 Å². The summed E-state index contributed by atoms with van der Waals surface area (Å²) >= 11 is 0. The summed E-state index contributed by atoms with van der Waals surface area (Å²) in [6.07, 6.45) is 10.3. The first-order valence-electron chi connectivity index (χ1n) is 7.09. The minimum absolute atomic E-state index is 0.325. The topological polar surface area (TPSA) is 29.1 Å². The van der Waals surface area contributed by atoms with Gasteiger partial charge in [0.05, 0.1) is 0 Å². The van der Waals surface area contributed by atoms with Gasteiger partial charge in [-0.25, -0.2) is 0 Å². The molecule has 2 fully saturated rings. The molecule has 3 unspecified atom stereocenters. The Kier molecular flexibility index (Phi) is 4.25. The van der Waals surface area contributed by atoms with Crippen molar-refractivity contribution in [3.05, 3.63) is 0 Å². The van der Waals surface area contributed by atoms with Crippen LogP contribution in [0.5, 0.6) is 0 Å². The number of hydrogen-bond acceptors (Lipinski definition) is 1. The van der Waals surface area contributed by atoms with Gasteiger partial charge in [-0.15, -0.1) is 0 Å². The average Bonchev–Trinajstić information content (AvgIpc) is 2.35. The van der Waals surface area contributed by atoms with Crippen molar-refractivity contribution in [3.63, 3.8) is 0 Å². The highest BCUT2D eigenvalue weighted by Crippen LogP contribution is 2.42. The van der Waals surface area contributed by atoms with Gasteiger partial charge in [0.1, 0.15) is 0 Å². The predicted molar refractivity (Wildman–Crippen MR) is 66.1 cm³/mol. The van der Waals surface area contributed by atoms with Gasteiger partial charge in [-0.05, 0) is 37.5 Å². The molecule has 3 atom stereocenters. The third-order valence-corrected chi connectivity index (χ3v) is 4.46. The Labute approximate surface area is 99.2 Å². The van der Waals surface area contributed by atoms with Gasteiger partial charge in [0.15, 0.2) is 0 Å². The summed E-state index contributed by atoms with van der Waals surface area (Å²) in [7, 11) is 0. The van der Waals surface area contributed by atoms with Crippen molar-refractivity contribution < 1.29 is 4.79 Å². The lowest BCUT2D eigenvalue weighted by atomic mass is 9.67. The van der Waals surface area contributed by atoms with E-state index in [1.54, 1.807) is 0 Å². The first-order valence-corrected chi connectivity index (χ1v) is 7.09. The number of carbonyl (C=O) groups is 1. The van der Waals surface area contributed by atoms with Gasteiger partial charge in [0.25, 0.3) is 0 Å². The first kappa shape index (κ1) is 11.9. The molecule has 0 aromatic rings. The molecular formula is C14H25NO. The summed E-state index contributed by atoms with van der Waals surface area (Å²) in [4.78, 5) is 11.9. The molecule has 2 rings (SSSR count). The van der Waals surface area contributed by atoms with E-state index in [1.165, 1.54) is 38.5 Å². The second-order valence-electron chi connectivity index (χ2n) is 5.61. The highest BCUT2D eigenvalue weighted by molar-refractivity contribution is 5.78. The van der Waals surface area contributed by atoms with Crippen LogP contribution in [0.2, 0.25) is 0 Å². The summed E-state index contributed by atoms with van der Waals surface area (Å²) in [5.74, 6) is 2.46. The first-order chi connectivity index (χ1) is 7.81. The van der Waals surface area contributed by atoms with E-state index in [9.17, 15) is 4.79 Å². The highest BCUT2D eigenvalue weighted by atomic mass is 16.1. The fraction of sp³-hybridized carbons (Fsp3) is 0.929. The molecule has 0 aromatic carbocycles. The van der Waals surface area contributed by atoms with Gasteiger partial charge in [-0.1, -0.05) is 32.6 Å². The molecule has 0 heterocycles. The van der Waals surface area contributed by atoms with Crippen LogP contribution < -0.4 is 5.32 Å². The maximum absolute atomic E-state index is 11.9. The van der Waals surface area contributed by atoms with Gasteiger partial charge in [-0.3, -0.25) is 4.79 Å². The lowest BCUT2D eigenvalue weighted by Gasteiger charge is -2.38. The molecule has 2 heteroatoms. The Morgan fingerprint density at radius 1 is 1.12 bits per heavy atom. The molecule has 1 amide bonds.